The first-order valence-corrected chi connectivity index (χ1v) is 9.86. The summed E-state index contributed by atoms with van der Waals surface area (Å²) in [6.07, 6.45) is 1.79. The summed E-state index contributed by atoms with van der Waals surface area (Å²) in [6.45, 7) is 0. The van der Waals surface area contributed by atoms with Crippen molar-refractivity contribution in [3.8, 4) is 0 Å². The molecule has 5 heteroatoms. The molecule has 3 aromatic rings. The number of carbonyl (C=O) groups is 1. The molecule has 1 aromatic heterocycles. The third-order valence-electron chi connectivity index (χ3n) is 4.66. The van der Waals surface area contributed by atoms with Crippen molar-refractivity contribution in [2.24, 2.45) is 0 Å². The van der Waals surface area contributed by atoms with Gasteiger partial charge in [0.2, 0.25) is 0 Å². The number of nitrogens with one attached hydrogen (secondary N) is 1. The fourth-order valence-corrected chi connectivity index (χ4v) is 4.94. The average molecular weight is 421 g/mol. The maximum Gasteiger partial charge on any atom is 0.194 e. The van der Waals surface area contributed by atoms with E-state index in [1.165, 1.54) is 0 Å². The van der Waals surface area contributed by atoms with Crippen LogP contribution in [0.15, 0.2) is 81.1 Å². The monoisotopic (exact) mass is 420 g/mol. The summed E-state index contributed by atoms with van der Waals surface area (Å²) in [6, 6.07) is 19.7. The molecule has 26 heavy (non-hydrogen) atoms. The quantitative estimate of drug-likeness (QED) is 0.547. The molecule has 0 amide bonds. The maximum atomic E-state index is 13.3. The maximum absolute atomic E-state index is 13.3. The number of allylic oxidation sites excluding steroid dienone is 1. The molecule has 1 atom stereocenters. The molecular weight excluding hydrogens is 408 g/mol. The van der Waals surface area contributed by atoms with Crippen molar-refractivity contribution in [2.45, 2.75) is 10.9 Å². The molecule has 3 nitrogen and oxygen atoms in total. The standard InChI is InChI=1S/C21H13BrN2OS/c22-13-9-7-12(8-10-13)17-19(25)15-5-2-1-4-14(15)18-20(17)26-16-6-3-11-23-21(16)24-18/h1-11,18H,(H,23,24). The highest BCUT2D eigenvalue weighted by molar-refractivity contribution is 9.10. The number of halogens is 1. The second kappa shape index (κ2) is 6.11. The van der Waals surface area contributed by atoms with E-state index in [4.69, 9.17) is 0 Å². The first-order chi connectivity index (χ1) is 12.7. The minimum atomic E-state index is -0.0602. The molecule has 2 aliphatic rings. The normalized spacial score (nSPS) is 17.9. The average Bonchev–Trinajstić information content (AvgIpc) is 2.68. The van der Waals surface area contributed by atoms with Crippen molar-refractivity contribution in [1.82, 2.24) is 4.98 Å². The van der Waals surface area contributed by atoms with E-state index in [9.17, 15) is 4.79 Å². The predicted molar refractivity (Wildman–Crippen MR) is 108 cm³/mol. The van der Waals surface area contributed by atoms with Gasteiger partial charge in [-0.3, -0.25) is 4.79 Å². The number of ketones is 1. The lowest BCUT2D eigenvalue weighted by atomic mass is 9.84. The summed E-state index contributed by atoms with van der Waals surface area (Å²) in [7, 11) is 0. The van der Waals surface area contributed by atoms with Crippen molar-refractivity contribution in [2.75, 3.05) is 5.32 Å². The van der Waals surface area contributed by atoms with Gasteiger partial charge in [-0.15, -0.1) is 0 Å². The van der Waals surface area contributed by atoms with Gasteiger partial charge in [0.15, 0.2) is 5.78 Å². The third kappa shape index (κ3) is 2.42. The number of aromatic nitrogens is 1. The number of rotatable bonds is 1. The van der Waals surface area contributed by atoms with E-state index in [0.29, 0.717) is 0 Å². The molecule has 0 saturated carbocycles. The molecule has 2 heterocycles. The zero-order valence-electron chi connectivity index (χ0n) is 13.6. The van der Waals surface area contributed by atoms with Gasteiger partial charge < -0.3 is 5.32 Å². The highest BCUT2D eigenvalue weighted by Gasteiger charge is 2.37. The molecule has 5 rings (SSSR count). The van der Waals surface area contributed by atoms with Crippen LogP contribution in [0, 0.1) is 0 Å². The molecule has 0 spiro atoms. The smallest absolute Gasteiger partial charge is 0.194 e. The van der Waals surface area contributed by atoms with Crippen molar-refractivity contribution < 1.29 is 4.79 Å². The van der Waals surface area contributed by atoms with E-state index in [2.05, 4.69) is 26.2 Å². The molecular formula is C21H13BrN2OS. The van der Waals surface area contributed by atoms with Gasteiger partial charge in [-0.2, -0.15) is 0 Å². The van der Waals surface area contributed by atoms with Crippen molar-refractivity contribution >= 4 is 44.9 Å². The Labute approximate surface area is 163 Å². The Hall–Kier alpha value is -2.37. The molecule has 0 radical (unpaired) electrons. The molecule has 1 unspecified atom stereocenters. The minimum absolute atomic E-state index is 0.0602. The molecule has 2 aromatic carbocycles. The van der Waals surface area contributed by atoms with Crippen LogP contribution in [0.2, 0.25) is 0 Å². The van der Waals surface area contributed by atoms with Gasteiger partial charge in [0, 0.05) is 26.7 Å². The summed E-state index contributed by atoms with van der Waals surface area (Å²) >= 11 is 5.11. The fourth-order valence-electron chi connectivity index (χ4n) is 3.47. The molecule has 0 saturated heterocycles. The lowest BCUT2D eigenvalue weighted by molar-refractivity contribution is 0.105. The molecule has 1 aliphatic carbocycles. The number of fused-ring (bicyclic) bond motifs is 4. The third-order valence-corrected chi connectivity index (χ3v) is 6.39. The Morgan fingerprint density at radius 3 is 2.65 bits per heavy atom. The van der Waals surface area contributed by atoms with Crippen LogP contribution in [-0.2, 0) is 0 Å². The second-order valence-corrected chi connectivity index (χ2v) is 8.19. The lowest BCUT2D eigenvalue weighted by Crippen LogP contribution is -2.26. The number of hydrogen-bond donors (Lipinski definition) is 1. The number of anilines is 1. The van der Waals surface area contributed by atoms with Gasteiger partial charge in [-0.25, -0.2) is 4.98 Å². The van der Waals surface area contributed by atoms with Crippen LogP contribution >= 0.6 is 27.7 Å². The lowest BCUT2D eigenvalue weighted by Gasteiger charge is -2.34. The van der Waals surface area contributed by atoms with Crippen LogP contribution < -0.4 is 5.32 Å². The van der Waals surface area contributed by atoms with Crippen molar-refractivity contribution in [1.29, 1.82) is 0 Å². The van der Waals surface area contributed by atoms with E-state index in [1.807, 2.05) is 60.7 Å². The first kappa shape index (κ1) is 15.9. The van der Waals surface area contributed by atoms with Gasteiger partial charge in [0.25, 0.3) is 0 Å². The highest BCUT2D eigenvalue weighted by Crippen LogP contribution is 2.52. The zero-order chi connectivity index (χ0) is 17.7. The topological polar surface area (TPSA) is 42.0 Å². The fraction of sp³-hybridized carbons (Fsp3) is 0.0476. The van der Waals surface area contributed by atoms with Crippen LogP contribution in [-0.4, -0.2) is 10.8 Å². The number of hydrogen-bond acceptors (Lipinski definition) is 4. The van der Waals surface area contributed by atoms with E-state index < -0.39 is 0 Å². The number of Topliss-reactive ketones (excluding diaryl/α,β-unsaturated/α-hetero) is 1. The Morgan fingerprint density at radius 1 is 1.00 bits per heavy atom. The first-order valence-electron chi connectivity index (χ1n) is 8.25. The number of benzene rings is 2. The van der Waals surface area contributed by atoms with Gasteiger partial charge in [0.05, 0.1) is 10.9 Å². The van der Waals surface area contributed by atoms with Gasteiger partial charge in [-0.1, -0.05) is 64.1 Å². The summed E-state index contributed by atoms with van der Waals surface area (Å²) in [5.74, 6) is 0.946. The number of thioether (sulfide) groups is 1. The molecule has 126 valence electrons. The van der Waals surface area contributed by atoms with Crippen molar-refractivity contribution in [3.63, 3.8) is 0 Å². The Balaban J connectivity index is 1.77. The van der Waals surface area contributed by atoms with Crippen LogP contribution in [0.25, 0.3) is 5.57 Å². The molecule has 1 aliphatic heterocycles. The molecule has 1 N–H and O–H groups in total. The van der Waals surface area contributed by atoms with Crippen LogP contribution in [0.1, 0.15) is 27.5 Å². The number of carbonyl (C=O) groups excluding carboxylic acids is 1. The Kier molecular flexibility index (Phi) is 3.72. The van der Waals surface area contributed by atoms with E-state index >= 15 is 0 Å². The largest absolute Gasteiger partial charge is 0.358 e. The number of pyridine rings is 1. The van der Waals surface area contributed by atoms with Gasteiger partial charge in [-0.05, 0) is 35.4 Å². The van der Waals surface area contributed by atoms with E-state index in [-0.39, 0.29) is 11.8 Å². The van der Waals surface area contributed by atoms with Crippen LogP contribution in [0.3, 0.4) is 0 Å². The highest BCUT2D eigenvalue weighted by atomic mass is 79.9. The predicted octanol–water partition coefficient (Wildman–Crippen LogP) is 5.71. The van der Waals surface area contributed by atoms with Crippen LogP contribution in [0.4, 0.5) is 5.82 Å². The summed E-state index contributed by atoms with van der Waals surface area (Å²) in [5.41, 5.74) is 3.48. The summed E-state index contributed by atoms with van der Waals surface area (Å²) in [5, 5.41) is 3.54. The molecule has 0 bridgehead atoms. The van der Waals surface area contributed by atoms with Crippen molar-refractivity contribution in [3.05, 3.63) is 92.9 Å². The van der Waals surface area contributed by atoms with Gasteiger partial charge in [0.1, 0.15) is 5.82 Å². The Morgan fingerprint density at radius 2 is 1.81 bits per heavy atom. The van der Waals surface area contributed by atoms with Gasteiger partial charge >= 0.3 is 0 Å². The minimum Gasteiger partial charge on any atom is -0.358 e. The molecule has 0 fully saturated rings. The number of nitrogens with zero attached hydrogens (tertiary/aromatic N) is 1. The second-order valence-electron chi connectivity index (χ2n) is 6.19. The summed E-state index contributed by atoms with van der Waals surface area (Å²) < 4.78 is 0.996. The van der Waals surface area contributed by atoms with E-state index in [0.717, 1.165) is 42.4 Å². The van der Waals surface area contributed by atoms with Crippen LogP contribution in [0.5, 0.6) is 0 Å². The Bertz CT molecular complexity index is 1080. The summed E-state index contributed by atoms with van der Waals surface area (Å²) in [4.78, 5) is 19.9. The SMILES string of the molecule is O=C1C(c2ccc(Br)cc2)=C2Sc3cccnc3NC2c2ccccc21. The zero-order valence-corrected chi connectivity index (χ0v) is 16.0. The van der Waals surface area contributed by atoms with E-state index in [1.54, 1.807) is 18.0 Å².